The summed E-state index contributed by atoms with van der Waals surface area (Å²) in [4.78, 5) is 13.0. The molecule has 0 aliphatic heterocycles. The Morgan fingerprint density at radius 3 is 2.22 bits per heavy atom. The molecule has 3 rings (SSSR count). The molecule has 0 unspecified atom stereocenters. The van der Waals surface area contributed by atoms with Crippen molar-refractivity contribution in [3.8, 4) is 0 Å². The van der Waals surface area contributed by atoms with Gasteiger partial charge < -0.3 is 5.32 Å². The molecule has 0 saturated heterocycles. The molecule has 0 aliphatic carbocycles. The number of hydrogen-bond donors (Lipinski definition) is 1. The van der Waals surface area contributed by atoms with E-state index in [9.17, 15) is 13.2 Å². The molecule has 166 valence electrons. The molecule has 0 saturated carbocycles. The molecule has 0 heterocycles. The van der Waals surface area contributed by atoms with Crippen LogP contribution in [0.1, 0.15) is 41.3 Å². The third-order valence-electron chi connectivity index (χ3n) is 5.12. The fourth-order valence-electron chi connectivity index (χ4n) is 3.41. The Morgan fingerprint density at radius 1 is 0.969 bits per heavy atom. The number of benzene rings is 3. The van der Waals surface area contributed by atoms with Crippen LogP contribution in [0.25, 0.3) is 0 Å². The van der Waals surface area contributed by atoms with E-state index in [1.807, 2.05) is 24.3 Å². The van der Waals surface area contributed by atoms with E-state index in [4.69, 9.17) is 0 Å². The minimum absolute atomic E-state index is 0.182. The summed E-state index contributed by atoms with van der Waals surface area (Å²) in [5, 5.41) is 2.98. The van der Waals surface area contributed by atoms with E-state index in [1.165, 1.54) is 4.31 Å². The average molecular weight is 449 g/mol. The lowest BCUT2D eigenvalue weighted by Gasteiger charge is -2.21. The highest BCUT2D eigenvalue weighted by Crippen LogP contribution is 2.24. The average Bonchev–Trinajstić information content (AvgIpc) is 2.80. The zero-order chi connectivity index (χ0) is 23.1. The van der Waals surface area contributed by atoms with Crippen LogP contribution in [0.15, 0.2) is 96.4 Å². The Kier molecular flexibility index (Phi) is 7.62. The minimum Gasteiger partial charge on any atom is -0.322 e. The number of amides is 1. The molecule has 0 radical (unpaired) electrons. The van der Waals surface area contributed by atoms with Gasteiger partial charge in [-0.3, -0.25) is 4.79 Å². The Bertz CT molecular complexity index is 1170. The maximum atomic E-state index is 13.0. The maximum Gasteiger partial charge on any atom is 0.255 e. The molecule has 0 bridgehead atoms. The molecule has 3 aromatic carbocycles. The highest BCUT2D eigenvalue weighted by Gasteiger charge is 2.23. The lowest BCUT2D eigenvalue weighted by atomic mass is 10.0. The molecular formula is C26H28N2O3S. The van der Waals surface area contributed by atoms with E-state index in [2.05, 4.69) is 25.7 Å². The monoisotopic (exact) mass is 448 g/mol. The molecule has 5 nitrogen and oxygen atoms in total. The minimum atomic E-state index is -3.66. The van der Waals surface area contributed by atoms with Crippen molar-refractivity contribution < 1.29 is 13.2 Å². The van der Waals surface area contributed by atoms with Crippen LogP contribution in [0.3, 0.4) is 0 Å². The third-order valence-corrected chi connectivity index (χ3v) is 6.95. The van der Waals surface area contributed by atoms with Gasteiger partial charge in [-0.25, -0.2) is 8.42 Å². The first-order valence-electron chi connectivity index (χ1n) is 10.5. The SMILES string of the molecule is C=CCN(Cc1ccc(C(=O)Nc2ccccc2C(C)C)cc1)S(=O)(=O)c1ccccc1. The predicted molar refractivity (Wildman–Crippen MR) is 129 cm³/mol. The first-order valence-corrected chi connectivity index (χ1v) is 11.9. The smallest absolute Gasteiger partial charge is 0.255 e. The van der Waals surface area contributed by atoms with Crippen molar-refractivity contribution in [3.05, 3.63) is 108 Å². The summed E-state index contributed by atoms with van der Waals surface area (Å²) in [5.41, 5.74) is 3.16. The van der Waals surface area contributed by atoms with E-state index >= 15 is 0 Å². The predicted octanol–water partition coefficient (Wildman–Crippen LogP) is 5.44. The van der Waals surface area contributed by atoms with Crippen molar-refractivity contribution in [1.82, 2.24) is 4.31 Å². The van der Waals surface area contributed by atoms with Gasteiger partial charge >= 0.3 is 0 Å². The van der Waals surface area contributed by atoms with Crippen molar-refractivity contribution in [2.75, 3.05) is 11.9 Å². The van der Waals surface area contributed by atoms with E-state index in [0.29, 0.717) is 5.56 Å². The maximum absolute atomic E-state index is 13.0. The number of nitrogens with zero attached hydrogens (tertiary/aromatic N) is 1. The van der Waals surface area contributed by atoms with E-state index in [1.54, 1.807) is 60.7 Å². The molecular weight excluding hydrogens is 420 g/mol. The number of hydrogen-bond acceptors (Lipinski definition) is 3. The van der Waals surface area contributed by atoms with Gasteiger partial charge in [-0.15, -0.1) is 6.58 Å². The third kappa shape index (κ3) is 5.52. The zero-order valence-corrected chi connectivity index (χ0v) is 19.2. The Morgan fingerprint density at radius 2 is 1.59 bits per heavy atom. The molecule has 3 aromatic rings. The lowest BCUT2D eigenvalue weighted by molar-refractivity contribution is 0.102. The van der Waals surface area contributed by atoms with Crippen LogP contribution in [0.4, 0.5) is 5.69 Å². The van der Waals surface area contributed by atoms with Gasteiger partial charge in [0.05, 0.1) is 4.90 Å². The van der Waals surface area contributed by atoms with Crippen LogP contribution >= 0.6 is 0 Å². The number of anilines is 1. The summed E-state index contributed by atoms with van der Waals surface area (Å²) in [6.45, 7) is 8.22. The largest absolute Gasteiger partial charge is 0.322 e. The van der Waals surface area contributed by atoms with Crippen molar-refractivity contribution in [2.45, 2.75) is 31.2 Å². The van der Waals surface area contributed by atoms with E-state index < -0.39 is 10.0 Å². The summed E-state index contributed by atoms with van der Waals surface area (Å²) in [5.74, 6) is 0.0841. The number of carbonyl (C=O) groups is 1. The zero-order valence-electron chi connectivity index (χ0n) is 18.4. The fraction of sp³-hybridized carbons (Fsp3) is 0.192. The quantitative estimate of drug-likeness (QED) is 0.443. The Hall–Kier alpha value is -3.22. The Labute approximate surface area is 190 Å². The number of rotatable bonds is 9. The van der Waals surface area contributed by atoms with Gasteiger partial charge in [-0.2, -0.15) is 4.31 Å². The van der Waals surface area contributed by atoms with Crippen molar-refractivity contribution in [2.24, 2.45) is 0 Å². The van der Waals surface area contributed by atoms with Crippen LogP contribution in [0.5, 0.6) is 0 Å². The second kappa shape index (κ2) is 10.4. The van der Waals surface area contributed by atoms with Crippen LogP contribution < -0.4 is 5.32 Å². The summed E-state index contributed by atoms with van der Waals surface area (Å²) in [6, 6.07) is 23.1. The summed E-state index contributed by atoms with van der Waals surface area (Å²) < 4.78 is 27.4. The molecule has 0 atom stereocenters. The van der Waals surface area contributed by atoms with Gasteiger partial charge in [0.2, 0.25) is 10.0 Å². The van der Waals surface area contributed by atoms with Crippen LogP contribution in [-0.2, 0) is 16.6 Å². The number of para-hydroxylation sites is 1. The van der Waals surface area contributed by atoms with Gasteiger partial charge in [0.15, 0.2) is 0 Å². The first kappa shape index (κ1) is 23.4. The van der Waals surface area contributed by atoms with Gasteiger partial charge in [0.1, 0.15) is 0 Å². The molecule has 32 heavy (non-hydrogen) atoms. The molecule has 1 N–H and O–H groups in total. The highest BCUT2D eigenvalue weighted by atomic mass is 32.2. The van der Waals surface area contributed by atoms with Crippen LogP contribution in [0.2, 0.25) is 0 Å². The van der Waals surface area contributed by atoms with Gasteiger partial charge in [-0.1, -0.05) is 68.5 Å². The first-order chi connectivity index (χ1) is 15.3. The van der Waals surface area contributed by atoms with Crippen molar-refractivity contribution in [3.63, 3.8) is 0 Å². The standard InChI is InChI=1S/C26H28N2O3S/c1-4-18-28(32(30,31)23-10-6-5-7-11-23)19-21-14-16-22(17-15-21)26(29)27-25-13-9-8-12-24(25)20(2)3/h4-17,20H,1,18-19H2,2-3H3,(H,27,29). The summed E-state index contributed by atoms with van der Waals surface area (Å²) in [7, 11) is -3.66. The summed E-state index contributed by atoms with van der Waals surface area (Å²) >= 11 is 0. The van der Waals surface area contributed by atoms with Crippen LogP contribution in [0, 0.1) is 0 Å². The lowest BCUT2D eigenvalue weighted by Crippen LogP contribution is -2.30. The van der Waals surface area contributed by atoms with E-state index in [-0.39, 0.29) is 29.8 Å². The molecule has 0 aromatic heterocycles. The highest BCUT2D eigenvalue weighted by molar-refractivity contribution is 7.89. The number of nitrogens with one attached hydrogen (secondary N) is 1. The van der Waals surface area contributed by atoms with Gasteiger partial charge in [0, 0.05) is 24.3 Å². The molecule has 6 heteroatoms. The molecule has 0 fully saturated rings. The molecule has 1 amide bonds. The molecule has 0 aliphatic rings. The summed E-state index contributed by atoms with van der Waals surface area (Å²) in [6.07, 6.45) is 1.56. The molecule has 0 spiro atoms. The van der Waals surface area contributed by atoms with Gasteiger partial charge in [0.25, 0.3) is 5.91 Å². The number of carbonyl (C=O) groups excluding carboxylic acids is 1. The number of sulfonamides is 1. The van der Waals surface area contributed by atoms with Crippen molar-refractivity contribution >= 4 is 21.6 Å². The second-order valence-electron chi connectivity index (χ2n) is 7.79. The normalized spacial score (nSPS) is 11.5. The Balaban J connectivity index is 1.76. The second-order valence-corrected chi connectivity index (χ2v) is 9.73. The van der Waals surface area contributed by atoms with E-state index in [0.717, 1.165) is 16.8 Å². The fourth-order valence-corrected chi connectivity index (χ4v) is 4.83. The van der Waals surface area contributed by atoms with Crippen LogP contribution in [-0.4, -0.2) is 25.2 Å². The van der Waals surface area contributed by atoms with Crippen molar-refractivity contribution in [1.29, 1.82) is 0 Å². The topological polar surface area (TPSA) is 66.5 Å². The van der Waals surface area contributed by atoms with Gasteiger partial charge in [-0.05, 0) is 47.4 Å².